The van der Waals surface area contributed by atoms with Gasteiger partial charge in [0.2, 0.25) is 5.13 Å². The van der Waals surface area contributed by atoms with Gasteiger partial charge >= 0.3 is 6.03 Å². The van der Waals surface area contributed by atoms with Crippen LogP contribution in [-0.4, -0.2) is 58.4 Å². The number of fused-ring (bicyclic) bond motifs is 1. The minimum absolute atomic E-state index is 0.0566. The summed E-state index contributed by atoms with van der Waals surface area (Å²) in [5, 5.41) is 5.53. The van der Waals surface area contributed by atoms with E-state index >= 15 is 0 Å². The normalized spacial score (nSPS) is 26.8. The number of carbonyl (C=O) groups excluding carboxylic acids is 1. The van der Waals surface area contributed by atoms with E-state index in [2.05, 4.69) is 39.6 Å². The summed E-state index contributed by atoms with van der Waals surface area (Å²) in [6.45, 7) is 8.09. The fourth-order valence-corrected chi connectivity index (χ4v) is 5.41. The van der Waals surface area contributed by atoms with Crippen LogP contribution >= 0.6 is 22.9 Å². The standard InChI is InChI=1S/C16H21N5OS2/c1-10-4-5-23-12(10)13-17-14(24-19-13)18-15(22)21-7-11-6-20(3)8-16(11,2)9-21/h4-5,11H,6-9H2,1-3H3,(H,17,18,19,22)/t11-,16+/m1/s1. The van der Waals surface area contributed by atoms with Crippen molar-refractivity contribution in [3.05, 3.63) is 17.0 Å². The van der Waals surface area contributed by atoms with E-state index in [1.807, 2.05) is 17.2 Å². The molecule has 4 rings (SSSR count). The molecule has 2 fully saturated rings. The largest absolute Gasteiger partial charge is 0.324 e. The number of anilines is 1. The Hall–Kier alpha value is -1.51. The minimum Gasteiger partial charge on any atom is -0.324 e. The summed E-state index contributed by atoms with van der Waals surface area (Å²) < 4.78 is 4.38. The van der Waals surface area contributed by atoms with Crippen LogP contribution in [0.15, 0.2) is 11.4 Å². The van der Waals surface area contributed by atoms with E-state index in [-0.39, 0.29) is 11.4 Å². The molecule has 0 aliphatic carbocycles. The smallest absolute Gasteiger partial charge is 0.323 e. The molecule has 2 aromatic rings. The van der Waals surface area contributed by atoms with Crippen molar-refractivity contribution in [2.45, 2.75) is 13.8 Å². The molecule has 2 aromatic heterocycles. The molecule has 0 aromatic carbocycles. The van der Waals surface area contributed by atoms with Crippen molar-refractivity contribution in [1.82, 2.24) is 19.2 Å². The maximum Gasteiger partial charge on any atom is 0.323 e. The molecule has 2 saturated heterocycles. The summed E-state index contributed by atoms with van der Waals surface area (Å²) in [4.78, 5) is 22.4. The van der Waals surface area contributed by atoms with Crippen LogP contribution in [0.4, 0.5) is 9.93 Å². The molecule has 2 aliphatic rings. The Kier molecular flexibility index (Phi) is 3.85. The molecular weight excluding hydrogens is 342 g/mol. The first-order valence-electron chi connectivity index (χ1n) is 8.07. The third-order valence-corrected chi connectivity index (χ3v) is 6.78. The summed E-state index contributed by atoms with van der Waals surface area (Å²) in [6, 6.07) is 2.00. The van der Waals surface area contributed by atoms with Crippen LogP contribution in [0.5, 0.6) is 0 Å². The highest BCUT2D eigenvalue weighted by atomic mass is 32.1. The van der Waals surface area contributed by atoms with Gasteiger partial charge in [0.15, 0.2) is 5.82 Å². The average molecular weight is 364 g/mol. The van der Waals surface area contributed by atoms with Crippen molar-refractivity contribution in [3.8, 4) is 10.7 Å². The van der Waals surface area contributed by atoms with Crippen LogP contribution in [0, 0.1) is 18.3 Å². The molecule has 2 amide bonds. The van der Waals surface area contributed by atoms with Crippen LogP contribution in [0.25, 0.3) is 10.7 Å². The maximum absolute atomic E-state index is 12.6. The van der Waals surface area contributed by atoms with Gasteiger partial charge in [-0.2, -0.15) is 9.36 Å². The third kappa shape index (κ3) is 2.72. The monoisotopic (exact) mass is 363 g/mol. The van der Waals surface area contributed by atoms with Crippen LogP contribution in [0.2, 0.25) is 0 Å². The number of urea groups is 1. The predicted octanol–water partition coefficient (Wildman–Crippen LogP) is 2.99. The molecule has 0 unspecified atom stereocenters. The lowest BCUT2D eigenvalue weighted by atomic mass is 9.83. The molecule has 128 valence electrons. The number of hydrogen-bond acceptors (Lipinski definition) is 6. The predicted molar refractivity (Wildman–Crippen MR) is 97.6 cm³/mol. The second-order valence-electron chi connectivity index (χ2n) is 7.21. The van der Waals surface area contributed by atoms with Crippen molar-refractivity contribution in [2.75, 3.05) is 38.5 Å². The molecule has 2 aliphatic heterocycles. The van der Waals surface area contributed by atoms with Gasteiger partial charge in [-0.1, -0.05) is 6.92 Å². The van der Waals surface area contributed by atoms with E-state index < -0.39 is 0 Å². The molecule has 0 spiro atoms. The number of amides is 2. The van der Waals surface area contributed by atoms with Gasteiger partial charge in [-0.15, -0.1) is 11.3 Å². The molecule has 6 nitrogen and oxygen atoms in total. The molecule has 24 heavy (non-hydrogen) atoms. The van der Waals surface area contributed by atoms with Crippen molar-refractivity contribution in [2.24, 2.45) is 11.3 Å². The highest BCUT2D eigenvalue weighted by Gasteiger charge is 2.49. The minimum atomic E-state index is -0.0566. The SMILES string of the molecule is Cc1ccsc1-c1nsc(NC(=O)N2C[C@H]3CN(C)C[C@@]3(C)C2)n1. The third-order valence-electron chi connectivity index (χ3n) is 5.13. The van der Waals surface area contributed by atoms with Gasteiger partial charge in [0.25, 0.3) is 0 Å². The van der Waals surface area contributed by atoms with E-state index in [1.54, 1.807) is 11.3 Å². The Balaban J connectivity index is 1.43. The zero-order valence-corrected chi connectivity index (χ0v) is 15.7. The molecule has 4 heterocycles. The number of carbonyl (C=O) groups is 1. The average Bonchev–Trinajstić information content (AvgIpc) is 3.22. The van der Waals surface area contributed by atoms with Gasteiger partial charge < -0.3 is 9.80 Å². The Bertz CT molecular complexity index is 772. The highest BCUT2D eigenvalue weighted by molar-refractivity contribution is 7.14. The van der Waals surface area contributed by atoms with E-state index in [1.165, 1.54) is 17.1 Å². The first-order valence-corrected chi connectivity index (χ1v) is 9.72. The molecule has 8 heteroatoms. The quantitative estimate of drug-likeness (QED) is 0.891. The number of nitrogens with zero attached hydrogens (tertiary/aromatic N) is 4. The van der Waals surface area contributed by atoms with Crippen molar-refractivity contribution < 1.29 is 4.79 Å². The first-order chi connectivity index (χ1) is 11.4. The molecule has 0 radical (unpaired) electrons. The molecule has 0 bridgehead atoms. The Morgan fingerprint density at radius 3 is 2.96 bits per heavy atom. The summed E-state index contributed by atoms with van der Waals surface area (Å²) in [5.74, 6) is 1.27. The van der Waals surface area contributed by atoms with E-state index in [4.69, 9.17) is 0 Å². The number of hydrogen-bond donors (Lipinski definition) is 1. The van der Waals surface area contributed by atoms with Gasteiger partial charge in [-0.3, -0.25) is 5.32 Å². The Morgan fingerprint density at radius 1 is 1.42 bits per heavy atom. The van der Waals surface area contributed by atoms with Crippen LogP contribution in [0.3, 0.4) is 0 Å². The fraction of sp³-hybridized carbons (Fsp3) is 0.562. The first kappa shape index (κ1) is 16.0. The van der Waals surface area contributed by atoms with Gasteiger partial charge in [-0.05, 0) is 36.9 Å². The van der Waals surface area contributed by atoms with Gasteiger partial charge in [-0.25, -0.2) is 4.79 Å². The van der Waals surface area contributed by atoms with Crippen molar-refractivity contribution >= 4 is 34.0 Å². The summed E-state index contributed by atoms with van der Waals surface area (Å²) in [7, 11) is 2.16. The second-order valence-corrected chi connectivity index (χ2v) is 8.88. The van der Waals surface area contributed by atoms with Crippen LogP contribution in [0.1, 0.15) is 12.5 Å². The number of thiophene rings is 1. The fourth-order valence-electron chi connectivity index (χ4n) is 3.92. The summed E-state index contributed by atoms with van der Waals surface area (Å²) >= 11 is 2.87. The van der Waals surface area contributed by atoms with E-state index in [0.29, 0.717) is 16.9 Å². The summed E-state index contributed by atoms with van der Waals surface area (Å²) in [5.41, 5.74) is 1.38. The lowest BCUT2D eigenvalue weighted by molar-refractivity contribution is 0.209. The number of rotatable bonds is 2. The highest BCUT2D eigenvalue weighted by Crippen LogP contribution is 2.41. The molecular formula is C16H21N5OS2. The zero-order valence-electron chi connectivity index (χ0n) is 14.1. The lowest BCUT2D eigenvalue weighted by Gasteiger charge is -2.23. The Labute approximate surface area is 149 Å². The zero-order chi connectivity index (χ0) is 16.9. The maximum atomic E-state index is 12.6. The van der Waals surface area contributed by atoms with Crippen LogP contribution in [-0.2, 0) is 0 Å². The number of aryl methyl sites for hydroxylation is 1. The van der Waals surface area contributed by atoms with E-state index in [9.17, 15) is 4.79 Å². The summed E-state index contributed by atoms with van der Waals surface area (Å²) in [6.07, 6.45) is 0. The molecule has 1 N–H and O–H groups in total. The molecule has 0 saturated carbocycles. The second kappa shape index (κ2) is 5.79. The van der Waals surface area contributed by atoms with Gasteiger partial charge in [0.1, 0.15) is 0 Å². The van der Waals surface area contributed by atoms with Crippen molar-refractivity contribution in [3.63, 3.8) is 0 Å². The van der Waals surface area contributed by atoms with Crippen LogP contribution < -0.4 is 5.32 Å². The van der Waals surface area contributed by atoms with E-state index in [0.717, 1.165) is 31.1 Å². The Morgan fingerprint density at radius 2 is 2.25 bits per heavy atom. The number of aromatic nitrogens is 2. The topological polar surface area (TPSA) is 61.4 Å². The number of likely N-dealkylation sites (tertiary alicyclic amines) is 2. The lowest BCUT2D eigenvalue weighted by Crippen LogP contribution is -2.37. The van der Waals surface area contributed by atoms with Gasteiger partial charge in [0.05, 0.1) is 4.88 Å². The number of nitrogens with one attached hydrogen (secondary N) is 1. The molecule has 2 atom stereocenters. The van der Waals surface area contributed by atoms with Crippen molar-refractivity contribution in [1.29, 1.82) is 0 Å². The van der Waals surface area contributed by atoms with Gasteiger partial charge in [0, 0.05) is 43.1 Å².